The highest BCUT2D eigenvalue weighted by Crippen LogP contribution is 2.30. The smallest absolute Gasteiger partial charge is 0.0496 e. The summed E-state index contributed by atoms with van der Waals surface area (Å²) in [6.45, 7) is 9.04. The van der Waals surface area contributed by atoms with E-state index in [0.717, 1.165) is 0 Å². The number of rotatable bonds is 4. The molecule has 1 unspecified atom stereocenters. The van der Waals surface area contributed by atoms with Gasteiger partial charge in [-0.05, 0) is 63.4 Å². The lowest BCUT2D eigenvalue weighted by Crippen LogP contribution is -2.17. The maximum atomic E-state index is 3.66. The quantitative estimate of drug-likeness (QED) is 0.841. The van der Waals surface area contributed by atoms with Gasteiger partial charge in [0.25, 0.3) is 0 Å². The number of aryl methyl sites for hydroxylation is 2. The van der Waals surface area contributed by atoms with E-state index in [1.54, 1.807) is 0 Å². The van der Waals surface area contributed by atoms with E-state index in [2.05, 4.69) is 61.3 Å². The summed E-state index contributed by atoms with van der Waals surface area (Å²) in [5.41, 5.74) is 3.99. The number of hydrogen-bond acceptors (Lipinski definition) is 3. The first kappa shape index (κ1) is 14.5. The minimum Gasteiger partial charge on any atom is -0.378 e. The van der Waals surface area contributed by atoms with Gasteiger partial charge in [0, 0.05) is 40.3 Å². The van der Waals surface area contributed by atoms with E-state index in [1.165, 1.54) is 52.6 Å². The van der Waals surface area contributed by atoms with Crippen LogP contribution in [0.15, 0.2) is 30.3 Å². The SMILES string of the molecule is Cc1cc(C(C)Nc2cccc(N3CCCC3)c2)c(C)s1. The first-order chi connectivity index (χ1) is 10.1. The number of nitrogens with one attached hydrogen (secondary N) is 1. The van der Waals surface area contributed by atoms with Crippen LogP contribution in [0.25, 0.3) is 0 Å². The van der Waals surface area contributed by atoms with Gasteiger partial charge in [-0.25, -0.2) is 0 Å². The van der Waals surface area contributed by atoms with E-state index in [9.17, 15) is 0 Å². The first-order valence-corrected chi connectivity index (χ1v) is 8.63. The standard InChI is InChI=1S/C18H24N2S/c1-13-11-18(15(3)21-13)14(2)19-16-7-6-8-17(12-16)20-9-4-5-10-20/h6-8,11-12,14,19H,4-5,9-10H2,1-3H3. The Bertz CT molecular complexity index is 611. The van der Waals surface area contributed by atoms with Gasteiger partial charge >= 0.3 is 0 Å². The molecule has 112 valence electrons. The van der Waals surface area contributed by atoms with Crippen molar-refractivity contribution in [2.24, 2.45) is 0 Å². The van der Waals surface area contributed by atoms with Crippen molar-refractivity contribution in [3.05, 3.63) is 45.6 Å². The zero-order chi connectivity index (χ0) is 14.8. The van der Waals surface area contributed by atoms with Gasteiger partial charge in [-0.3, -0.25) is 0 Å². The second kappa shape index (κ2) is 6.10. The lowest BCUT2D eigenvalue weighted by Gasteiger charge is -2.20. The van der Waals surface area contributed by atoms with Crippen LogP contribution in [0, 0.1) is 13.8 Å². The van der Waals surface area contributed by atoms with Crippen molar-refractivity contribution >= 4 is 22.7 Å². The molecule has 1 atom stereocenters. The van der Waals surface area contributed by atoms with E-state index in [4.69, 9.17) is 0 Å². The lowest BCUT2D eigenvalue weighted by molar-refractivity contribution is 0.880. The van der Waals surface area contributed by atoms with Crippen molar-refractivity contribution in [2.75, 3.05) is 23.3 Å². The summed E-state index contributed by atoms with van der Waals surface area (Å²) in [5, 5.41) is 3.66. The maximum absolute atomic E-state index is 3.66. The van der Waals surface area contributed by atoms with E-state index in [1.807, 2.05) is 11.3 Å². The minimum atomic E-state index is 0.351. The van der Waals surface area contributed by atoms with Crippen molar-refractivity contribution in [1.82, 2.24) is 0 Å². The topological polar surface area (TPSA) is 15.3 Å². The molecule has 0 amide bonds. The van der Waals surface area contributed by atoms with Crippen LogP contribution < -0.4 is 10.2 Å². The minimum absolute atomic E-state index is 0.351. The van der Waals surface area contributed by atoms with Gasteiger partial charge in [0.15, 0.2) is 0 Å². The van der Waals surface area contributed by atoms with Crippen molar-refractivity contribution in [1.29, 1.82) is 0 Å². The molecule has 0 radical (unpaired) electrons. The number of benzene rings is 1. The van der Waals surface area contributed by atoms with Crippen LogP contribution in [0.3, 0.4) is 0 Å². The number of anilines is 2. The monoisotopic (exact) mass is 300 g/mol. The molecule has 2 nitrogen and oxygen atoms in total. The van der Waals surface area contributed by atoms with Gasteiger partial charge in [-0.15, -0.1) is 11.3 Å². The summed E-state index contributed by atoms with van der Waals surface area (Å²) >= 11 is 1.88. The zero-order valence-corrected chi connectivity index (χ0v) is 14.0. The molecule has 3 heteroatoms. The van der Waals surface area contributed by atoms with Crippen LogP contribution in [0.5, 0.6) is 0 Å². The summed E-state index contributed by atoms with van der Waals surface area (Å²) < 4.78 is 0. The molecule has 1 aliphatic heterocycles. The third-order valence-corrected chi connectivity index (χ3v) is 5.23. The molecule has 1 aliphatic rings. The van der Waals surface area contributed by atoms with Crippen molar-refractivity contribution < 1.29 is 0 Å². The third-order valence-electron chi connectivity index (χ3n) is 4.25. The molecule has 0 saturated carbocycles. The summed E-state index contributed by atoms with van der Waals surface area (Å²) in [7, 11) is 0. The average molecular weight is 300 g/mol. The molecule has 21 heavy (non-hydrogen) atoms. The van der Waals surface area contributed by atoms with Crippen molar-refractivity contribution in [3.63, 3.8) is 0 Å². The summed E-state index contributed by atoms with van der Waals surface area (Å²) in [5.74, 6) is 0. The molecular formula is C18H24N2S. The molecule has 1 N–H and O–H groups in total. The van der Waals surface area contributed by atoms with Gasteiger partial charge in [0.05, 0.1) is 0 Å². The van der Waals surface area contributed by atoms with Crippen LogP contribution in [0.2, 0.25) is 0 Å². The van der Waals surface area contributed by atoms with E-state index < -0.39 is 0 Å². The predicted molar refractivity (Wildman–Crippen MR) is 93.7 cm³/mol. The van der Waals surface area contributed by atoms with Crippen molar-refractivity contribution in [3.8, 4) is 0 Å². The number of hydrogen-bond donors (Lipinski definition) is 1. The molecule has 1 saturated heterocycles. The third kappa shape index (κ3) is 3.24. The van der Waals surface area contributed by atoms with Gasteiger partial charge in [-0.1, -0.05) is 6.07 Å². The second-order valence-corrected chi connectivity index (χ2v) is 7.44. The normalized spacial score (nSPS) is 16.2. The molecule has 1 aromatic carbocycles. The van der Waals surface area contributed by atoms with E-state index in [0.29, 0.717) is 6.04 Å². The molecule has 3 rings (SSSR count). The zero-order valence-electron chi connectivity index (χ0n) is 13.1. The maximum Gasteiger partial charge on any atom is 0.0496 e. The van der Waals surface area contributed by atoms with Crippen LogP contribution in [-0.4, -0.2) is 13.1 Å². The van der Waals surface area contributed by atoms with Crippen molar-refractivity contribution in [2.45, 2.75) is 39.7 Å². The molecule has 1 fully saturated rings. The molecule has 0 aliphatic carbocycles. The van der Waals surface area contributed by atoms with Gasteiger partial charge in [0.2, 0.25) is 0 Å². The predicted octanol–water partition coefficient (Wildman–Crippen LogP) is 5.14. The fourth-order valence-corrected chi connectivity index (χ4v) is 4.20. The fraction of sp³-hybridized carbons (Fsp3) is 0.444. The van der Waals surface area contributed by atoms with E-state index in [-0.39, 0.29) is 0 Å². The molecule has 0 bridgehead atoms. The Kier molecular flexibility index (Phi) is 4.20. The second-order valence-electron chi connectivity index (χ2n) is 5.98. The van der Waals surface area contributed by atoms with E-state index >= 15 is 0 Å². The largest absolute Gasteiger partial charge is 0.378 e. The molecule has 0 spiro atoms. The number of nitrogens with zero attached hydrogens (tertiary/aromatic N) is 1. The highest BCUT2D eigenvalue weighted by atomic mass is 32.1. The molecular weight excluding hydrogens is 276 g/mol. The molecule has 1 aromatic heterocycles. The summed E-state index contributed by atoms with van der Waals surface area (Å²) in [4.78, 5) is 5.29. The highest BCUT2D eigenvalue weighted by molar-refractivity contribution is 7.12. The molecule has 2 heterocycles. The van der Waals surface area contributed by atoms with Gasteiger partial charge < -0.3 is 10.2 Å². The average Bonchev–Trinajstić information content (AvgIpc) is 3.08. The summed E-state index contributed by atoms with van der Waals surface area (Å²) in [6.07, 6.45) is 2.64. The lowest BCUT2D eigenvalue weighted by atomic mass is 10.1. The Hall–Kier alpha value is -1.48. The first-order valence-electron chi connectivity index (χ1n) is 7.82. The van der Waals surface area contributed by atoms with Gasteiger partial charge in [0.1, 0.15) is 0 Å². The summed E-state index contributed by atoms with van der Waals surface area (Å²) in [6, 6.07) is 11.5. The van der Waals surface area contributed by atoms with Crippen LogP contribution in [-0.2, 0) is 0 Å². The Morgan fingerprint density at radius 1 is 1.14 bits per heavy atom. The number of thiophene rings is 1. The van der Waals surface area contributed by atoms with Crippen LogP contribution in [0.1, 0.15) is 41.1 Å². The Labute approximate surface area is 131 Å². The Balaban J connectivity index is 1.75. The Morgan fingerprint density at radius 2 is 1.90 bits per heavy atom. The van der Waals surface area contributed by atoms with Crippen LogP contribution in [0.4, 0.5) is 11.4 Å². The van der Waals surface area contributed by atoms with Crippen LogP contribution >= 0.6 is 11.3 Å². The fourth-order valence-electron chi connectivity index (χ4n) is 3.18. The Morgan fingerprint density at radius 3 is 2.57 bits per heavy atom. The molecule has 2 aromatic rings. The highest BCUT2D eigenvalue weighted by Gasteiger charge is 2.14. The van der Waals surface area contributed by atoms with Gasteiger partial charge in [-0.2, -0.15) is 0 Å².